The second-order valence-electron chi connectivity index (χ2n) is 8.75. The highest BCUT2D eigenvalue weighted by Gasteiger charge is 2.46. The fraction of sp³-hybridized carbons (Fsp3) is 0.333. The van der Waals surface area contributed by atoms with E-state index >= 15 is 0 Å². The highest BCUT2D eigenvalue weighted by Crippen LogP contribution is 2.45. The number of fused-ring (bicyclic) bond motifs is 1. The summed E-state index contributed by atoms with van der Waals surface area (Å²) in [5.41, 5.74) is 3.46. The fourth-order valence-electron chi connectivity index (χ4n) is 4.71. The predicted octanol–water partition coefficient (Wildman–Crippen LogP) is 6.05. The van der Waals surface area contributed by atoms with Crippen LogP contribution in [0.5, 0.6) is 0 Å². The maximum atomic E-state index is 14.3. The van der Waals surface area contributed by atoms with Crippen LogP contribution in [-0.4, -0.2) is 29.8 Å². The molecular formula is C27H30N2O2S. The van der Waals surface area contributed by atoms with Gasteiger partial charge in [0.15, 0.2) is 0 Å². The maximum Gasteiger partial charge on any atom is 0.254 e. The first kappa shape index (κ1) is 22.3. The molecule has 166 valence electrons. The lowest BCUT2D eigenvalue weighted by molar-refractivity contribution is -0.121. The topological polar surface area (TPSA) is 40.6 Å². The molecule has 0 bridgehead atoms. The lowest BCUT2D eigenvalue weighted by Gasteiger charge is -2.43. The number of likely N-dealkylation sites (N-methyl/N-ethyl adjacent to an activating group) is 1. The Labute approximate surface area is 194 Å². The van der Waals surface area contributed by atoms with Gasteiger partial charge in [-0.1, -0.05) is 56.3 Å². The Bertz CT molecular complexity index is 1110. The standard InChI is InChI=1S/C27H30N2O2S/c1-5-28(22-14-9-6-11-19(22)4)27(31)24-20-12-7-8-13-21(20)26(30)29(17-18(2)3)25(24)23-15-10-16-32-23/h6-16,18,24-25H,5,17H2,1-4H3/t24-,25+/m1/s1. The van der Waals surface area contributed by atoms with Crippen LogP contribution in [0, 0.1) is 12.8 Å². The predicted molar refractivity (Wildman–Crippen MR) is 131 cm³/mol. The number of anilines is 1. The normalized spacial score (nSPS) is 18.0. The molecule has 0 radical (unpaired) electrons. The molecule has 5 heteroatoms. The van der Waals surface area contributed by atoms with Crippen LogP contribution in [-0.2, 0) is 4.79 Å². The van der Waals surface area contributed by atoms with Crippen LogP contribution in [0.4, 0.5) is 5.69 Å². The SMILES string of the molecule is CCN(C(=O)[C@@H]1c2ccccc2C(=O)N(CC(C)C)[C@H]1c1cccs1)c1ccccc1C. The second-order valence-corrected chi connectivity index (χ2v) is 9.72. The number of benzene rings is 2. The van der Waals surface area contributed by atoms with Crippen LogP contribution in [0.1, 0.15) is 59.1 Å². The summed E-state index contributed by atoms with van der Waals surface area (Å²) >= 11 is 1.61. The van der Waals surface area contributed by atoms with Gasteiger partial charge in [0.25, 0.3) is 5.91 Å². The van der Waals surface area contributed by atoms with Gasteiger partial charge in [0.2, 0.25) is 5.91 Å². The van der Waals surface area contributed by atoms with Crippen molar-refractivity contribution in [1.82, 2.24) is 4.90 Å². The van der Waals surface area contributed by atoms with E-state index in [0.717, 1.165) is 21.7 Å². The average molecular weight is 447 g/mol. The number of hydrogen-bond acceptors (Lipinski definition) is 3. The molecule has 4 nitrogen and oxygen atoms in total. The van der Waals surface area contributed by atoms with Crippen molar-refractivity contribution in [2.24, 2.45) is 5.92 Å². The number of para-hydroxylation sites is 1. The molecule has 0 saturated carbocycles. The van der Waals surface area contributed by atoms with Gasteiger partial charge in [0.1, 0.15) is 0 Å². The van der Waals surface area contributed by atoms with Crippen LogP contribution in [0.2, 0.25) is 0 Å². The second kappa shape index (κ2) is 9.29. The van der Waals surface area contributed by atoms with Crippen LogP contribution < -0.4 is 4.90 Å². The first-order valence-corrected chi connectivity index (χ1v) is 12.1. The molecular weight excluding hydrogens is 416 g/mol. The average Bonchev–Trinajstić information content (AvgIpc) is 3.31. The zero-order valence-corrected chi connectivity index (χ0v) is 19.9. The van der Waals surface area contributed by atoms with Gasteiger partial charge in [-0.2, -0.15) is 0 Å². The zero-order valence-electron chi connectivity index (χ0n) is 19.1. The highest BCUT2D eigenvalue weighted by molar-refractivity contribution is 7.10. The van der Waals surface area contributed by atoms with Crippen LogP contribution >= 0.6 is 11.3 Å². The lowest BCUT2D eigenvalue weighted by atomic mass is 9.80. The molecule has 0 saturated heterocycles. The summed E-state index contributed by atoms with van der Waals surface area (Å²) in [5, 5.41) is 2.02. The van der Waals surface area contributed by atoms with E-state index in [1.165, 1.54) is 0 Å². The molecule has 0 N–H and O–H groups in total. The Morgan fingerprint density at radius 1 is 1.06 bits per heavy atom. The summed E-state index contributed by atoms with van der Waals surface area (Å²) in [6.45, 7) is 9.44. The van der Waals surface area contributed by atoms with Crippen molar-refractivity contribution < 1.29 is 9.59 Å². The van der Waals surface area contributed by atoms with Crippen molar-refractivity contribution in [3.63, 3.8) is 0 Å². The quantitative estimate of drug-likeness (QED) is 0.463. The Balaban J connectivity index is 1.89. The van der Waals surface area contributed by atoms with Gasteiger partial charge in [-0.25, -0.2) is 0 Å². The minimum absolute atomic E-state index is 0.00990. The molecule has 3 aromatic rings. The zero-order chi connectivity index (χ0) is 22.8. The van der Waals surface area contributed by atoms with Gasteiger partial charge >= 0.3 is 0 Å². The molecule has 2 amide bonds. The van der Waals surface area contributed by atoms with E-state index in [1.54, 1.807) is 11.3 Å². The van der Waals surface area contributed by atoms with E-state index in [0.29, 0.717) is 24.6 Å². The molecule has 4 rings (SSSR count). The number of carbonyl (C=O) groups excluding carboxylic acids is 2. The minimum atomic E-state index is -0.458. The van der Waals surface area contributed by atoms with Crippen molar-refractivity contribution in [1.29, 1.82) is 0 Å². The third-order valence-electron chi connectivity index (χ3n) is 6.09. The number of rotatable bonds is 6. The lowest BCUT2D eigenvalue weighted by Crippen LogP contribution is -2.49. The number of aryl methyl sites for hydroxylation is 1. The number of hydrogen-bond donors (Lipinski definition) is 0. The molecule has 32 heavy (non-hydrogen) atoms. The first-order chi connectivity index (χ1) is 15.4. The monoisotopic (exact) mass is 446 g/mol. The largest absolute Gasteiger partial charge is 0.329 e. The molecule has 1 aliphatic heterocycles. The van der Waals surface area contributed by atoms with E-state index in [1.807, 2.05) is 89.7 Å². The summed E-state index contributed by atoms with van der Waals surface area (Å²) in [5.74, 6) is -0.119. The molecule has 1 aromatic heterocycles. The maximum absolute atomic E-state index is 14.3. The van der Waals surface area contributed by atoms with Crippen molar-refractivity contribution >= 4 is 28.8 Å². The van der Waals surface area contributed by atoms with Crippen molar-refractivity contribution in [3.8, 4) is 0 Å². The van der Waals surface area contributed by atoms with Gasteiger partial charge in [0, 0.05) is 29.2 Å². The summed E-state index contributed by atoms with van der Waals surface area (Å²) in [7, 11) is 0. The van der Waals surface area contributed by atoms with E-state index in [2.05, 4.69) is 13.8 Å². The third-order valence-corrected chi connectivity index (χ3v) is 7.03. The van der Waals surface area contributed by atoms with Crippen LogP contribution in [0.3, 0.4) is 0 Å². The van der Waals surface area contributed by atoms with E-state index in [4.69, 9.17) is 0 Å². The Kier molecular flexibility index (Phi) is 6.47. The number of thiophene rings is 1. The van der Waals surface area contributed by atoms with Crippen molar-refractivity contribution in [2.45, 2.75) is 39.7 Å². The Morgan fingerprint density at radius 3 is 2.44 bits per heavy atom. The molecule has 0 aliphatic carbocycles. The van der Waals surface area contributed by atoms with Crippen LogP contribution in [0.15, 0.2) is 66.0 Å². The smallest absolute Gasteiger partial charge is 0.254 e. The highest BCUT2D eigenvalue weighted by atomic mass is 32.1. The molecule has 0 spiro atoms. The van der Waals surface area contributed by atoms with Crippen molar-refractivity contribution in [3.05, 3.63) is 87.6 Å². The number of carbonyl (C=O) groups is 2. The van der Waals surface area contributed by atoms with Crippen LogP contribution in [0.25, 0.3) is 0 Å². The molecule has 0 unspecified atom stereocenters. The summed E-state index contributed by atoms with van der Waals surface area (Å²) in [6.07, 6.45) is 0. The van der Waals surface area contributed by atoms with Crippen molar-refractivity contribution in [2.75, 3.05) is 18.0 Å². The van der Waals surface area contributed by atoms with Gasteiger partial charge in [-0.15, -0.1) is 11.3 Å². The third kappa shape index (κ3) is 3.97. The molecule has 2 heterocycles. The summed E-state index contributed by atoms with van der Waals surface area (Å²) < 4.78 is 0. The molecule has 2 aromatic carbocycles. The van der Waals surface area contributed by atoms with Gasteiger partial charge in [0.05, 0.1) is 12.0 Å². The van der Waals surface area contributed by atoms with Gasteiger partial charge in [-0.05, 0) is 54.5 Å². The Morgan fingerprint density at radius 2 is 1.78 bits per heavy atom. The van der Waals surface area contributed by atoms with Gasteiger partial charge < -0.3 is 9.80 Å². The molecule has 1 aliphatic rings. The fourth-order valence-corrected chi connectivity index (χ4v) is 5.58. The summed E-state index contributed by atoms with van der Waals surface area (Å²) in [4.78, 5) is 32.7. The molecule has 2 atom stereocenters. The number of amides is 2. The van der Waals surface area contributed by atoms with E-state index in [-0.39, 0.29) is 17.9 Å². The van der Waals surface area contributed by atoms with E-state index in [9.17, 15) is 9.59 Å². The minimum Gasteiger partial charge on any atom is -0.329 e. The molecule has 0 fully saturated rings. The van der Waals surface area contributed by atoms with Gasteiger partial charge in [-0.3, -0.25) is 9.59 Å². The summed E-state index contributed by atoms with van der Waals surface area (Å²) in [6, 6.07) is 19.4. The number of nitrogens with zero attached hydrogens (tertiary/aromatic N) is 2. The van der Waals surface area contributed by atoms with E-state index < -0.39 is 5.92 Å². The Hall–Kier alpha value is -2.92. The first-order valence-electron chi connectivity index (χ1n) is 11.2.